The van der Waals surface area contributed by atoms with Crippen molar-refractivity contribution < 1.29 is 9.66 Å². The van der Waals surface area contributed by atoms with E-state index in [2.05, 4.69) is 0 Å². The summed E-state index contributed by atoms with van der Waals surface area (Å²) in [5, 5.41) is 10.6. The van der Waals surface area contributed by atoms with Gasteiger partial charge in [-0.3, -0.25) is 10.1 Å². The molecule has 0 spiro atoms. The summed E-state index contributed by atoms with van der Waals surface area (Å²) >= 11 is 0. The van der Waals surface area contributed by atoms with Gasteiger partial charge in [-0.25, -0.2) is 0 Å². The second-order valence-electron chi connectivity index (χ2n) is 4.26. The van der Waals surface area contributed by atoms with E-state index in [4.69, 9.17) is 4.74 Å². The number of ether oxygens (including phenoxy) is 1. The van der Waals surface area contributed by atoms with E-state index in [-0.39, 0.29) is 11.8 Å². The first-order chi connectivity index (χ1) is 9.20. The fourth-order valence-corrected chi connectivity index (χ4v) is 1.97. The highest BCUT2D eigenvalue weighted by Crippen LogP contribution is 2.22. The lowest BCUT2D eigenvalue weighted by molar-refractivity contribution is -0.384. The van der Waals surface area contributed by atoms with E-state index in [9.17, 15) is 10.1 Å². The topological polar surface area (TPSA) is 52.4 Å². The van der Waals surface area contributed by atoms with Crippen molar-refractivity contribution in [1.82, 2.24) is 0 Å². The van der Waals surface area contributed by atoms with Crippen molar-refractivity contribution in [3.05, 3.63) is 75.8 Å². The molecule has 2 aromatic rings. The van der Waals surface area contributed by atoms with Crippen molar-refractivity contribution in [1.29, 1.82) is 0 Å². The Morgan fingerprint density at radius 1 is 1.11 bits per heavy atom. The lowest BCUT2D eigenvalue weighted by Gasteiger charge is -2.15. The van der Waals surface area contributed by atoms with E-state index in [1.165, 1.54) is 12.1 Å². The van der Waals surface area contributed by atoms with Gasteiger partial charge in [-0.05, 0) is 11.1 Å². The lowest BCUT2D eigenvalue weighted by Crippen LogP contribution is -2.05. The van der Waals surface area contributed by atoms with Crippen LogP contribution in [-0.4, -0.2) is 12.0 Å². The molecule has 0 bridgehead atoms. The van der Waals surface area contributed by atoms with E-state index < -0.39 is 4.92 Å². The maximum absolute atomic E-state index is 10.6. The Kier molecular flexibility index (Phi) is 4.26. The van der Waals surface area contributed by atoms with Crippen LogP contribution in [0.4, 0.5) is 5.69 Å². The molecule has 0 aliphatic carbocycles. The summed E-state index contributed by atoms with van der Waals surface area (Å²) in [6.45, 7) is 0. The quantitative estimate of drug-likeness (QED) is 0.608. The number of non-ortho nitro benzene ring substituents is 1. The summed E-state index contributed by atoms with van der Waals surface area (Å²) in [7, 11) is 1.67. The third-order valence-electron chi connectivity index (χ3n) is 3.02. The molecule has 0 aromatic heterocycles. The van der Waals surface area contributed by atoms with Gasteiger partial charge in [0.25, 0.3) is 5.69 Å². The number of benzene rings is 2. The highest BCUT2D eigenvalue weighted by atomic mass is 16.6. The maximum atomic E-state index is 10.6. The average molecular weight is 257 g/mol. The predicted molar refractivity (Wildman–Crippen MR) is 73.0 cm³/mol. The molecule has 98 valence electrons. The van der Waals surface area contributed by atoms with Crippen LogP contribution in [0.5, 0.6) is 0 Å². The average Bonchev–Trinajstić information content (AvgIpc) is 2.46. The molecule has 2 rings (SSSR count). The molecular weight excluding hydrogens is 242 g/mol. The monoisotopic (exact) mass is 257 g/mol. The van der Waals surface area contributed by atoms with Crippen molar-refractivity contribution in [2.24, 2.45) is 0 Å². The van der Waals surface area contributed by atoms with Gasteiger partial charge in [0.2, 0.25) is 0 Å². The Morgan fingerprint density at radius 2 is 1.74 bits per heavy atom. The van der Waals surface area contributed by atoms with Crippen molar-refractivity contribution >= 4 is 5.69 Å². The minimum absolute atomic E-state index is 0.0392. The lowest BCUT2D eigenvalue weighted by atomic mass is 10.0. The van der Waals surface area contributed by atoms with Crippen LogP contribution in [0.2, 0.25) is 0 Å². The molecular formula is C15H15NO3. The van der Waals surface area contributed by atoms with Crippen molar-refractivity contribution in [3.63, 3.8) is 0 Å². The summed E-state index contributed by atoms with van der Waals surface area (Å²) in [6.07, 6.45) is 0.654. The summed E-state index contributed by atoms with van der Waals surface area (Å²) in [5.41, 5.74) is 2.22. The molecule has 0 saturated carbocycles. The normalized spacial score (nSPS) is 12.1. The van der Waals surface area contributed by atoms with Crippen LogP contribution < -0.4 is 0 Å². The van der Waals surface area contributed by atoms with Crippen LogP contribution in [0.25, 0.3) is 0 Å². The van der Waals surface area contributed by atoms with Gasteiger partial charge in [0.05, 0.1) is 11.0 Å². The number of hydrogen-bond donors (Lipinski definition) is 0. The molecule has 4 heteroatoms. The van der Waals surface area contributed by atoms with Gasteiger partial charge in [0, 0.05) is 25.7 Å². The highest BCUT2D eigenvalue weighted by Gasteiger charge is 2.12. The van der Waals surface area contributed by atoms with Crippen LogP contribution in [0, 0.1) is 10.1 Å². The van der Waals surface area contributed by atoms with Gasteiger partial charge in [-0.2, -0.15) is 0 Å². The van der Waals surface area contributed by atoms with E-state index in [1.807, 2.05) is 30.3 Å². The van der Waals surface area contributed by atoms with Gasteiger partial charge in [-0.1, -0.05) is 42.5 Å². The largest absolute Gasteiger partial charge is 0.376 e. The summed E-state index contributed by atoms with van der Waals surface area (Å²) < 4.78 is 5.48. The molecule has 19 heavy (non-hydrogen) atoms. The zero-order chi connectivity index (χ0) is 13.7. The number of nitro groups is 1. The number of hydrogen-bond acceptors (Lipinski definition) is 3. The van der Waals surface area contributed by atoms with Crippen LogP contribution in [0.15, 0.2) is 54.6 Å². The first kappa shape index (κ1) is 13.2. The smallest absolute Gasteiger partial charge is 0.269 e. The van der Waals surface area contributed by atoms with Gasteiger partial charge in [0.1, 0.15) is 0 Å². The fraction of sp³-hybridized carbons (Fsp3) is 0.200. The third kappa shape index (κ3) is 3.39. The van der Waals surface area contributed by atoms with Crippen molar-refractivity contribution in [2.75, 3.05) is 7.11 Å². The first-order valence-electron chi connectivity index (χ1n) is 6.02. The van der Waals surface area contributed by atoms with Gasteiger partial charge in [-0.15, -0.1) is 0 Å². The highest BCUT2D eigenvalue weighted by molar-refractivity contribution is 5.33. The first-order valence-corrected chi connectivity index (χ1v) is 6.02. The summed E-state index contributed by atoms with van der Waals surface area (Å²) in [5.74, 6) is 0. The molecule has 0 aliphatic rings. The zero-order valence-electron chi connectivity index (χ0n) is 10.7. The van der Waals surface area contributed by atoms with E-state index in [1.54, 1.807) is 19.2 Å². The Labute approximate surface area is 111 Å². The second-order valence-corrected chi connectivity index (χ2v) is 4.26. The number of methoxy groups -OCH3 is 1. The van der Waals surface area contributed by atoms with Crippen molar-refractivity contribution in [3.8, 4) is 0 Å². The van der Waals surface area contributed by atoms with Crippen LogP contribution in [0.1, 0.15) is 17.2 Å². The van der Waals surface area contributed by atoms with Gasteiger partial charge in [0.15, 0.2) is 0 Å². The molecule has 4 nitrogen and oxygen atoms in total. The number of nitro benzene ring substituents is 1. The standard InChI is InChI=1S/C15H15NO3/c1-19-15(13-5-3-2-4-6-13)11-12-7-9-14(10-8-12)16(17)18/h2-10,15H,11H2,1H3/t15-/m1/s1. The molecule has 0 radical (unpaired) electrons. The molecule has 0 N–H and O–H groups in total. The molecule has 0 aliphatic heterocycles. The van der Waals surface area contributed by atoms with E-state index in [0.717, 1.165) is 11.1 Å². The Morgan fingerprint density at radius 3 is 2.26 bits per heavy atom. The van der Waals surface area contributed by atoms with E-state index in [0.29, 0.717) is 6.42 Å². The minimum Gasteiger partial charge on any atom is -0.376 e. The Bertz CT molecular complexity index is 537. The fourth-order valence-electron chi connectivity index (χ4n) is 1.97. The minimum atomic E-state index is -0.394. The van der Waals surface area contributed by atoms with Gasteiger partial charge < -0.3 is 4.74 Å². The Hall–Kier alpha value is -2.20. The van der Waals surface area contributed by atoms with E-state index >= 15 is 0 Å². The predicted octanol–water partition coefficient (Wildman–Crippen LogP) is 3.53. The summed E-state index contributed by atoms with van der Waals surface area (Å²) in [4.78, 5) is 10.2. The maximum Gasteiger partial charge on any atom is 0.269 e. The Balaban J connectivity index is 2.12. The molecule has 2 aromatic carbocycles. The van der Waals surface area contributed by atoms with Gasteiger partial charge >= 0.3 is 0 Å². The van der Waals surface area contributed by atoms with Crippen LogP contribution in [0.3, 0.4) is 0 Å². The third-order valence-corrected chi connectivity index (χ3v) is 3.02. The second kappa shape index (κ2) is 6.11. The molecule has 0 unspecified atom stereocenters. The zero-order valence-corrected chi connectivity index (χ0v) is 10.7. The molecule has 0 heterocycles. The summed E-state index contributed by atoms with van der Waals surface area (Å²) in [6, 6.07) is 16.5. The van der Waals surface area contributed by atoms with Crippen molar-refractivity contribution in [2.45, 2.75) is 12.5 Å². The van der Waals surface area contributed by atoms with Crippen LogP contribution in [-0.2, 0) is 11.2 Å². The molecule has 0 saturated heterocycles. The molecule has 0 fully saturated rings. The molecule has 1 atom stereocenters. The molecule has 0 amide bonds. The number of rotatable bonds is 5. The van der Waals surface area contributed by atoms with Crippen LogP contribution >= 0.6 is 0 Å². The number of nitrogens with zero attached hydrogens (tertiary/aromatic N) is 1. The SMILES string of the molecule is CO[C@H](Cc1ccc([N+](=O)[O-])cc1)c1ccccc1.